The molecule has 1 N–H and O–H groups in total. The van der Waals surface area contributed by atoms with Gasteiger partial charge in [-0.3, -0.25) is 19.3 Å². The second kappa shape index (κ2) is 7.89. The van der Waals surface area contributed by atoms with Crippen LogP contribution < -0.4 is 5.32 Å². The molecule has 0 aliphatic rings. The predicted molar refractivity (Wildman–Crippen MR) is 86.3 cm³/mol. The van der Waals surface area contributed by atoms with Crippen LogP contribution in [0.4, 0.5) is 0 Å². The third-order valence-electron chi connectivity index (χ3n) is 3.49. The van der Waals surface area contributed by atoms with E-state index in [1.807, 2.05) is 30.3 Å². The highest BCUT2D eigenvalue weighted by atomic mass is 16.2. The monoisotopic (exact) mass is 310 g/mol. The van der Waals surface area contributed by atoms with Crippen molar-refractivity contribution in [2.45, 2.75) is 12.5 Å². The third kappa shape index (κ3) is 4.03. The van der Waals surface area contributed by atoms with Crippen LogP contribution in [0.25, 0.3) is 0 Å². The Kier molecular flexibility index (Phi) is 5.63. The standard InChI is InChI=1S/C18H18N2O3/c1-19-17(22)16(15-10-6-3-7-11-15)18(23)20(13-21)12-14-8-4-2-5-9-14/h2-11,13,16H,12H2,1H3,(H,19,22). The Labute approximate surface area is 134 Å². The van der Waals surface area contributed by atoms with Gasteiger partial charge < -0.3 is 5.32 Å². The maximum atomic E-state index is 12.7. The summed E-state index contributed by atoms with van der Waals surface area (Å²) in [5.41, 5.74) is 1.37. The maximum absolute atomic E-state index is 12.7. The zero-order chi connectivity index (χ0) is 16.7. The molecule has 1 atom stereocenters. The summed E-state index contributed by atoms with van der Waals surface area (Å²) in [6, 6.07) is 17.9. The van der Waals surface area contributed by atoms with Crippen LogP contribution in [-0.2, 0) is 20.9 Å². The summed E-state index contributed by atoms with van der Waals surface area (Å²) in [4.78, 5) is 37.3. The predicted octanol–water partition coefficient (Wildman–Crippen LogP) is 1.70. The second-order valence-corrected chi connectivity index (χ2v) is 5.02. The van der Waals surface area contributed by atoms with Crippen molar-refractivity contribution in [2.24, 2.45) is 0 Å². The first-order chi connectivity index (χ1) is 11.2. The van der Waals surface area contributed by atoms with Crippen LogP contribution in [0.15, 0.2) is 60.7 Å². The van der Waals surface area contributed by atoms with E-state index in [1.165, 1.54) is 7.05 Å². The smallest absolute Gasteiger partial charge is 0.246 e. The van der Waals surface area contributed by atoms with E-state index in [9.17, 15) is 14.4 Å². The number of hydrogen-bond donors (Lipinski definition) is 1. The minimum atomic E-state index is -1.05. The van der Waals surface area contributed by atoms with Gasteiger partial charge in [-0.05, 0) is 11.1 Å². The van der Waals surface area contributed by atoms with Crippen LogP contribution in [-0.4, -0.2) is 30.2 Å². The summed E-state index contributed by atoms with van der Waals surface area (Å²) >= 11 is 0. The molecule has 0 aromatic heterocycles. The molecule has 0 saturated heterocycles. The average molecular weight is 310 g/mol. The van der Waals surface area contributed by atoms with Gasteiger partial charge in [0.05, 0.1) is 6.54 Å². The van der Waals surface area contributed by atoms with Crippen molar-refractivity contribution >= 4 is 18.2 Å². The topological polar surface area (TPSA) is 66.5 Å². The molecule has 5 nitrogen and oxygen atoms in total. The zero-order valence-electron chi connectivity index (χ0n) is 12.8. The molecule has 23 heavy (non-hydrogen) atoms. The van der Waals surface area contributed by atoms with Crippen molar-refractivity contribution in [3.8, 4) is 0 Å². The number of carbonyl (C=O) groups is 3. The number of likely N-dealkylation sites (N-methyl/N-ethyl adjacent to an activating group) is 1. The SMILES string of the molecule is CNC(=O)C(C(=O)N(C=O)Cc1ccccc1)c1ccccc1. The number of hydrogen-bond acceptors (Lipinski definition) is 3. The molecular weight excluding hydrogens is 292 g/mol. The van der Waals surface area contributed by atoms with Gasteiger partial charge in [0.1, 0.15) is 5.92 Å². The quantitative estimate of drug-likeness (QED) is 0.652. The van der Waals surface area contributed by atoms with Crippen molar-refractivity contribution in [2.75, 3.05) is 7.05 Å². The second-order valence-electron chi connectivity index (χ2n) is 5.02. The van der Waals surface area contributed by atoms with E-state index in [0.717, 1.165) is 10.5 Å². The molecule has 5 heteroatoms. The van der Waals surface area contributed by atoms with E-state index >= 15 is 0 Å². The van der Waals surface area contributed by atoms with Gasteiger partial charge in [-0.1, -0.05) is 60.7 Å². The van der Waals surface area contributed by atoms with E-state index in [4.69, 9.17) is 0 Å². The fourth-order valence-electron chi connectivity index (χ4n) is 2.31. The summed E-state index contributed by atoms with van der Waals surface area (Å²) in [7, 11) is 1.47. The van der Waals surface area contributed by atoms with E-state index in [1.54, 1.807) is 30.3 Å². The number of benzene rings is 2. The van der Waals surface area contributed by atoms with Crippen LogP contribution in [0.1, 0.15) is 17.0 Å². The largest absolute Gasteiger partial charge is 0.358 e. The molecule has 2 aromatic rings. The van der Waals surface area contributed by atoms with Gasteiger partial charge in [-0.15, -0.1) is 0 Å². The van der Waals surface area contributed by atoms with Crippen LogP contribution in [0.5, 0.6) is 0 Å². The van der Waals surface area contributed by atoms with Gasteiger partial charge >= 0.3 is 0 Å². The van der Waals surface area contributed by atoms with E-state index in [0.29, 0.717) is 12.0 Å². The average Bonchev–Trinajstić information content (AvgIpc) is 2.61. The lowest BCUT2D eigenvalue weighted by Gasteiger charge is -2.22. The normalized spacial score (nSPS) is 11.3. The first kappa shape index (κ1) is 16.4. The van der Waals surface area contributed by atoms with Crippen LogP contribution in [0.3, 0.4) is 0 Å². The minimum Gasteiger partial charge on any atom is -0.358 e. The Morgan fingerprint density at radius 3 is 2.13 bits per heavy atom. The number of nitrogens with one attached hydrogen (secondary N) is 1. The first-order valence-electron chi connectivity index (χ1n) is 7.23. The Bertz CT molecular complexity index is 671. The lowest BCUT2D eigenvalue weighted by molar-refractivity contribution is -0.142. The number of rotatable bonds is 6. The first-order valence-corrected chi connectivity index (χ1v) is 7.23. The highest BCUT2D eigenvalue weighted by molar-refractivity contribution is 6.08. The van der Waals surface area contributed by atoms with Gasteiger partial charge in [0.25, 0.3) is 0 Å². The van der Waals surface area contributed by atoms with Gasteiger partial charge in [-0.2, -0.15) is 0 Å². The molecule has 2 aromatic carbocycles. The zero-order valence-corrected chi connectivity index (χ0v) is 12.8. The highest BCUT2D eigenvalue weighted by Gasteiger charge is 2.31. The van der Waals surface area contributed by atoms with E-state index in [2.05, 4.69) is 5.32 Å². The van der Waals surface area contributed by atoms with Crippen molar-refractivity contribution in [3.05, 3.63) is 71.8 Å². The van der Waals surface area contributed by atoms with Crippen molar-refractivity contribution in [3.63, 3.8) is 0 Å². The molecule has 2 rings (SSSR count). The van der Waals surface area contributed by atoms with Crippen LogP contribution in [0, 0.1) is 0 Å². The lowest BCUT2D eigenvalue weighted by atomic mass is 9.96. The Balaban J connectivity index is 2.28. The number of nitrogens with zero attached hydrogens (tertiary/aromatic N) is 1. The number of amides is 3. The summed E-state index contributed by atoms with van der Waals surface area (Å²) in [6.07, 6.45) is 0.466. The lowest BCUT2D eigenvalue weighted by Crippen LogP contribution is -2.40. The molecule has 0 aliphatic carbocycles. The van der Waals surface area contributed by atoms with Gasteiger partial charge in [0.2, 0.25) is 18.2 Å². The number of carbonyl (C=O) groups excluding carboxylic acids is 3. The minimum absolute atomic E-state index is 0.128. The molecule has 0 fully saturated rings. The Morgan fingerprint density at radius 2 is 1.61 bits per heavy atom. The molecule has 118 valence electrons. The molecule has 0 aliphatic heterocycles. The third-order valence-corrected chi connectivity index (χ3v) is 3.49. The highest BCUT2D eigenvalue weighted by Crippen LogP contribution is 2.19. The summed E-state index contributed by atoms with van der Waals surface area (Å²) in [5, 5.41) is 2.48. The summed E-state index contributed by atoms with van der Waals surface area (Å²) in [5.74, 6) is -2.04. The van der Waals surface area contributed by atoms with Gasteiger partial charge in [-0.25, -0.2) is 0 Å². The Morgan fingerprint density at radius 1 is 1.04 bits per heavy atom. The van der Waals surface area contributed by atoms with Crippen LogP contribution in [0.2, 0.25) is 0 Å². The van der Waals surface area contributed by atoms with E-state index < -0.39 is 17.7 Å². The van der Waals surface area contributed by atoms with Gasteiger partial charge in [0, 0.05) is 7.05 Å². The molecule has 0 spiro atoms. The van der Waals surface area contributed by atoms with E-state index in [-0.39, 0.29) is 6.54 Å². The van der Waals surface area contributed by atoms with Crippen LogP contribution >= 0.6 is 0 Å². The summed E-state index contributed by atoms with van der Waals surface area (Å²) in [6.45, 7) is 0.128. The fourth-order valence-corrected chi connectivity index (χ4v) is 2.31. The molecule has 0 heterocycles. The van der Waals surface area contributed by atoms with Crippen molar-refractivity contribution < 1.29 is 14.4 Å². The van der Waals surface area contributed by atoms with Crippen molar-refractivity contribution in [1.82, 2.24) is 10.2 Å². The number of imide groups is 1. The molecule has 3 amide bonds. The van der Waals surface area contributed by atoms with Gasteiger partial charge in [0.15, 0.2) is 0 Å². The molecule has 1 unspecified atom stereocenters. The molecule has 0 saturated carbocycles. The summed E-state index contributed by atoms with van der Waals surface area (Å²) < 4.78 is 0. The Hall–Kier alpha value is -2.95. The molecular formula is C18H18N2O3. The molecule has 0 bridgehead atoms. The fraction of sp³-hybridized carbons (Fsp3) is 0.167. The van der Waals surface area contributed by atoms with Crippen molar-refractivity contribution in [1.29, 1.82) is 0 Å². The maximum Gasteiger partial charge on any atom is 0.246 e. The molecule has 0 radical (unpaired) electrons.